The van der Waals surface area contributed by atoms with E-state index in [1.54, 1.807) is 0 Å². The van der Waals surface area contributed by atoms with Gasteiger partial charge in [-0.15, -0.1) is 0 Å². The lowest BCUT2D eigenvalue weighted by atomic mass is 10.1. The molecular weight excluding hydrogens is 272 g/mol. The van der Waals surface area contributed by atoms with E-state index in [9.17, 15) is 14.7 Å². The summed E-state index contributed by atoms with van der Waals surface area (Å²) in [6.07, 6.45) is -2.53. The molecule has 3 unspecified atom stereocenters. The Bertz CT molecular complexity index is 378. The van der Waals surface area contributed by atoms with Crippen LogP contribution in [0.4, 0.5) is 0 Å². The summed E-state index contributed by atoms with van der Waals surface area (Å²) < 4.78 is 24.9. The SMILES string of the molecule is COCCOC(OC)C(OC(C)=O)C1=CC(=O)OC1O. The Morgan fingerprint density at radius 1 is 1.45 bits per heavy atom. The number of hydrogen-bond acceptors (Lipinski definition) is 8. The Hall–Kier alpha value is -1.48. The van der Waals surface area contributed by atoms with Crippen molar-refractivity contribution in [3.63, 3.8) is 0 Å². The van der Waals surface area contributed by atoms with Crippen molar-refractivity contribution in [1.29, 1.82) is 0 Å². The summed E-state index contributed by atoms with van der Waals surface area (Å²) in [5, 5.41) is 9.62. The lowest BCUT2D eigenvalue weighted by Gasteiger charge is -2.27. The molecule has 0 aromatic heterocycles. The van der Waals surface area contributed by atoms with Crippen molar-refractivity contribution in [3.8, 4) is 0 Å². The predicted molar refractivity (Wildman–Crippen MR) is 64.4 cm³/mol. The molecular formula is C12H18O8. The van der Waals surface area contributed by atoms with Crippen LogP contribution < -0.4 is 0 Å². The van der Waals surface area contributed by atoms with Crippen molar-refractivity contribution >= 4 is 11.9 Å². The minimum atomic E-state index is -1.49. The number of ether oxygens (including phenoxy) is 5. The zero-order chi connectivity index (χ0) is 15.1. The molecule has 1 N–H and O–H groups in total. The standard InChI is InChI=1S/C12H18O8/c1-7(13)19-10(8-6-9(14)20-11(8)15)12(17-3)18-5-4-16-2/h6,10-12,15H,4-5H2,1-3H3. The molecule has 0 saturated carbocycles. The second-order valence-electron chi connectivity index (χ2n) is 3.93. The number of carbonyl (C=O) groups is 2. The van der Waals surface area contributed by atoms with Gasteiger partial charge in [0.25, 0.3) is 0 Å². The lowest BCUT2D eigenvalue weighted by molar-refractivity contribution is -0.199. The van der Waals surface area contributed by atoms with Gasteiger partial charge in [-0.25, -0.2) is 4.79 Å². The van der Waals surface area contributed by atoms with Crippen LogP contribution in [0.15, 0.2) is 11.6 Å². The lowest BCUT2D eigenvalue weighted by Crippen LogP contribution is -2.39. The first-order valence-corrected chi connectivity index (χ1v) is 5.90. The topological polar surface area (TPSA) is 101 Å². The van der Waals surface area contributed by atoms with Crippen molar-refractivity contribution in [2.75, 3.05) is 27.4 Å². The molecule has 0 spiro atoms. The molecule has 0 radical (unpaired) electrons. The molecule has 0 fully saturated rings. The molecule has 1 heterocycles. The van der Waals surface area contributed by atoms with Gasteiger partial charge in [-0.3, -0.25) is 4.79 Å². The van der Waals surface area contributed by atoms with Crippen LogP contribution in [0.25, 0.3) is 0 Å². The maximum atomic E-state index is 11.2. The zero-order valence-electron chi connectivity index (χ0n) is 11.5. The first-order chi connectivity index (χ1) is 9.49. The molecule has 1 aliphatic rings. The van der Waals surface area contributed by atoms with Crippen molar-refractivity contribution in [1.82, 2.24) is 0 Å². The van der Waals surface area contributed by atoms with Gasteiger partial charge in [0.1, 0.15) is 0 Å². The third-order valence-electron chi connectivity index (χ3n) is 2.47. The summed E-state index contributed by atoms with van der Waals surface area (Å²) in [7, 11) is 2.85. The van der Waals surface area contributed by atoms with Crippen LogP contribution >= 0.6 is 0 Å². The van der Waals surface area contributed by atoms with Crippen LogP contribution in [0.1, 0.15) is 6.92 Å². The molecule has 8 nitrogen and oxygen atoms in total. The first-order valence-electron chi connectivity index (χ1n) is 5.90. The van der Waals surface area contributed by atoms with Crippen molar-refractivity contribution < 1.29 is 38.4 Å². The van der Waals surface area contributed by atoms with E-state index in [2.05, 4.69) is 4.74 Å². The Balaban J connectivity index is 2.83. The van der Waals surface area contributed by atoms with Gasteiger partial charge in [-0.1, -0.05) is 0 Å². The fraction of sp³-hybridized carbons (Fsp3) is 0.667. The second kappa shape index (κ2) is 7.95. The monoisotopic (exact) mass is 290 g/mol. The predicted octanol–water partition coefficient (Wildman–Crippen LogP) is -0.645. The van der Waals surface area contributed by atoms with E-state index in [1.807, 2.05) is 0 Å². The summed E-state index contributed by atoms with van der Waals surface area (Å²) in [6.45, 7) is 1.69. The number of methoxy groups -OCH3 is 2. The van der Waals surface area contributed by atoms with Crippen LogP contribution in [-0.4, -0.2) is 63.2 Å². The fourth-order valence-electron chi connectivity index (χ4n) is 1.63. The molecule has 8 heteroatoms. The Labute approximate surface area is 116 Å². The van der Waals surface area contributed by atoms with Gasteiger partial charge < -0.3 is 28.8 Å². The Kier molecular flexibility index (Phi) is 6.59. The van der Waals surface area contributed by atoms with Gasteiger partial charge in [-0.05, 0) is 0 Å². The third-order valence-corrected chi connectivity index (χ3v) is 2.47. The third kappa shape index (κ3) is 4.57. The van der Waals surface area contributed by atoms with Gasteiger partial charge in [0.05, 0.1) is 18.8 Å². The normalized spacial score (nSPS) is 21.1. The Morgan fingerprint density at radius 3 is 2.60 bits per heavy atom. The largest absolute Gasteiger partial charge is 0.452 e. The molecule has 114 valence electrons. The van der Waals surface area contributed by atoms with Crippen LogP contribution in [-0.2, 0) is 33.3 Å². The van der Waals surface area contributed by atoms with E-state index in [1.165, 1.54) is 21.1 Å². The van der Waals surface area contributed by atoms with Crippen LogP contribution in [0.3, 0.4) is 0 Å². The number of hydrogen-bond donors (Lipinski definition) is 1. The van der Waals surface area contributed by atoms with Gasteiger partial charge in [0, 0.05) is 27.2 Å². The Morgan fingerprint density at radius 2 is 2.15 bits per heavy atom. The van der Waals surface area contributed by atoms with E-state index in [4.69, 9.17) is 18.9 Å². The van der Waals surface area contributed by atoms with E-state index in [0.29, 0.717) is 6.61 Å². The number of aliphatic hydroxyl groups is 1. The van der Waals surface area contributed by atoms with Gasteiger partial charge in [-0.2, -0.15) is 0 Å². The van der Waals surface area contributed by atoms with Gasteiger partial charge >= 0.3 is 11.9 Å². The molecule has 0 saturated heterocycles. The molecule has 0 aliphatic carbocycles. The highest BCUT2D eigenvalue weighted by atomic mass is 16.7. The second-order valence-corrected chi connectivity index (χ2v) is 3.93. The van der Waals surface area contributed by atoms with Gasteiger partial charge in [0.2, 0.25) is 6.29 Å². The van der Waals surface area contributed by atoms with Crippen LogP contribution in [0, 0.1) is 0 Å². The molecule has 0 amide bonds. The smallest absolute Gasteiger partial charge is 0.333 e. The average Bonchev–Trinajstić information content (AvgIpc) is 2.71. The van der Waals surface area contributed by atoms with Crippen LogP contribution in [0.5, 0.6) is 0 Å². The first kappa shape index (κ1) is 16.6. The number of carbonyl (C=O) groups excluding carboxylic acids is 2. The number of esters is 2. The van der Waals surface area contributed by atoms with E-state index >= 15 is 0 Å². The van der Waals surface area contributed by atoms with E-state index in [-0.39, 0.29) is 12.2 Å². The molecule has 20 heavy (non-hydrogen) atoms. The van der Waals surface area contributed by atoms with Crippen LogP contribution in [0.2, 0.25) is 0 Å². The zero-order valence-corrected chi connectivity index (χ0v) is 11.5. The number of cyclic esters (lactones) is 1. The minimum absolute atomic E-state index is 0.0643. The summed E-state index contributed by atoms with van der Waals surface area (Å²) in [5.41, 5.74) is 0.0643. The fourth-order valence-corrected chi connectivity index (χ4v) is 1.63. The summed E-state index contributed by atoms with van der Waals surface area (Å²) in [4.78, 5) is 22.3. The van der Waals surface area contributed by atoms with E-state index < -0.39 is 30.6 Å². The number of aliphatic hydroxyl groups excluding tert-OH is 1. The molecule has 0 bridgehead atoms. The summed E-state index contributed by atoms with van der Waals surface area (Å²) >= 11 is 0. The van der Waals surface area contributed by atoms with Crippen molar-refractivity contribution in [2.45, 2.75) is 25.6 Å². The summed E-state index contributed by atoms with van der Waals surface area (Å²) in [5.74, 6) is -1.34. The highest BCUT2D eigenvalue weighted by Crippen LogP contribution is 2.24. The maximum Gasteiger partial charge on any atom is 0.333 e. The van der Waals surface area contributed by atoms with Gasteiger partial charge in [0.15, 0.2) is 12.4 Å². The highest BCUT2D eigenvalue weighted by molar-refractivity contribution is 5.86. The average molecular weight is 290 g/mol. The highest BCUT2D eigenvalue weighted by Gasteiger charge is 2.38. The van der Waals surface area contributed by atoms with Crippen molar-refractivity contribution in [2.24, 2.45) is 0 Å². The summed E-state index contributed by atoms with van der Waals surface area (Å²) in [6, 6.07) is 0. The minimum Gasteiger partial charge on any atom is -0.452 e. The van der Waals surface area contributed by atoms with E-state index in [0.717, 1.165) is 6.08 Å². The molecule has 3 atom stereocenters. The molecule has 1 aliphatic heterocycles. The molecule has 0 aromatic rings. The molecule has 0 aromatic carbocycles. The quantitative estimate of drug-likeness (QED) is 0.358. The molecule has 1 rings (SSSR count). The maximum absolute atomic E-state index is 11.2. The number of rotatable bonds is 8. The van der Waals surface area contributed by atoms with Crippen molar-refractivity contribution in [3.05, 3.63) is 11.6 Å².